The predicted molar refractivity (Wildman–Crippen MR) is 152 cm³/mol. The number of hydrogen-bond donors (Lipinski definition) is 2. The molecule has 200 valence electrons. The predicted octanol–water partition coefficient (Wildman–Crippen LogP) is 4.05. The maximum absolute atomic E-state index is 13.6. The van der Waals surface area contributed by atoms with Crippen molar-refractivity contribution in [1.82, 2.24) is 10.2 Å². The minimum atomic E-state index is -3.44. The van der Waals surface area contributed by atoms with E-state index in [9.17, 15) is 18.0 Å². The Labute approximate surface area is 232 Å². The number of piperazine rings is 1. The van der Waals surface area contributed by atoms with Gasteiger partial charge in [-0.3, -0.25) is 14.3 Å². The molecule has 2 N–H and O–H groups in total. The first kappa shape index (κ1) is 27.8. The maximum Gasteiger partial charge on any atom is 0.251 e. The first-order valence-electron chi connectivity index (χ1n) is 12.0. The number of para-hydroxylation sites is 2. The lowest BCUT2D eigenvalue weighted by atomic mass is 10.0. The van der Waals surface area contributed by atoms with Crippen LogP contribution in [0.1, 0.15) is 15.9 Å². The standard InChI is InChI=1S/C27H28Cl2N4O4S/c1-38(36,37)31-23-4-2-3-5-25(23)32-14-16-33(17-15-32)27(35)24(18-19-6-10-21(28)11-7-19)30-26(34)20-8-12-22(29)13-9-20/h2-13,24,31H,14-18H2,1H3,(H,30,34). The van der Waals surface area contributed by atoms with Gasteiger partial charge in [-0.2, -0.15) is 0 Å². The smallest absolute Gasteiger partial charge is 0.251 e. The van der Waals surface area contributed by atoms with Crippen LogP contribution in [0.2, 0.25) is 10.0 Å². The summed E-state index contributed by atoms with van der Waals surface area (Å²) in [4.78, 5) is 30.4. The van der Waals surface area contributed by atoms with Gasteiger partial charge in [-0.05, 0) is 54.1 Å². The van der Waals surface area contributed by atoms with Gasteiger partial charge in [0.05, 0.1) is 17.6 Å². The highest BCUT2D eigenvalue weighted by Gasteiger charge is 2.30. The van der Waals surface area contributed by atoms with Gasteiger partial charge in [-0.1, -0.05) is 47.5 Å². The number of sulfonamides is 1. The Morgan fingerprint density at radius 1 is 0.868 bits per heavy atom. The molecule has 1 fully saturated rings. The van der Waals surface area contributed by atoms with Crippen LogP contribution in [-0.4, -0.2) is 63.6 Å². The molecule has 0 aromatic heterocycles. The molecule has 1 heterocycles. The zero-order chi connectivity index (χ0) is 27.3. The van der Waals surface area contributed by atoms with Crippen LogP contribution in [0, 0.1) is 0 Å². The average molecular weight is 576 g/mol. The third-order valence-electron chi connectivity index (χ3n) is 6.19. The van der Waals surface area contributed by atoms with E-state index >= 15 is 0 Å². The molecule has 3 aromatic rings. The second-order valence-electron chi connectivity index (χ2n) is 9.07. The van der Waals surface area contributed by atoms with E-state index < -0.39 is 16.1 Å². The molecule has 11 heteroatoms. The Morgan fingerprint density at radius 3 is 2.05 bits per heavy atom. The van der Waals surface area contributed by atoms with E-state index in [1.807, 2.05) is 29.2 Å². The lowest BCUT2D eigenvalue weighted by molar-refractivity contribution is -0.133. The van der Waals surface area contributed by atoms with E-state index in [1.165, 1.54) is 0 Å². The highest BCUT2D eigenvalue weighted by atomic mass is 35.5. The molecule has 1 aliphatic heterocycles. The molecule has 1 atom stereocenters. The van der Waals surface area contributed by atoms with Crippen molar-refractivity contribution in [2.75, 3.05) is 42.1 Å². The molecule has 0 spiro atoms. The molecule has 4 rings (SSSR count). The van der Waals surface area contributed by atoms with E-state index in [-0.39, 0.29) is 11.8 Å². The number of carbonyl (C=O) groups is 2. The van der Waals surface area contributed by atoms with Crippen LogP contribution in [0.3, 0.4) is 0 Å². The molecule has 3 aromatic carbocycles. The average Bonchev–Trinajstić information content (AvgIpc) is 2.89. The van der Waals surface area contributed by atoms with Crippen LogP contribution in [0.25, 0.3) is 0 Å². The summed E-state index contributed by atoms with van der Waals surface area (Å²) in [5, 5.41) is 4.00. The molecule has 8 nitrogen and oxygen atoms in total. The van der Waals surface area contributed by atoms with Crippen LogP contribution in [0.4, 0.5) is 11.4 Å². The second-order valence-corrected chi connectivity index (χ2v) is 11.7. The van der Waals surface area contributed by atoms with E-state index in [4.69, 9.17) is 23.2 Å². The monoisotopic (exact) mass is 574 g/mol. The van der Waals surface area contributed by atoms with E-state index in [0.717, 1.165) is 17.5 Å². The summed E-state index contributed by atoms with van der Waals surface area (Å²) < 4.78 is 26.1. The van der Waals surface area contributed by atoms with Crippen molar-refractivity contribution in [3.63, 3.8) is 0 Å². The van der Waals surface area contributed by atoms with Gasteiger partial charge in [0.25, 0.3) is 5.91 Å². The Balaban J connectivity index is 1.48. The molecular formula is C27H28Cl2N4O4S. The molecular weight excluding hydrogens is 547 g/mol. The van der Waals surface area contributed by atoms with Crippen molar-refractivity contribution < 1.29 is 18.0 Å². The Bertz CT molecular complexity index is 1390. The third-order valence-corrected chi connectivity index (χ3v) is 7.29. The van der Waals surface area contributed by atoms with E-state index in [2.05, 4.69) is 10.0 Å². The van der Waals surface area contributed by atoms with E-state index in [1.54, 1.807) is 53.4 Å². The summed E-state index contributed by atoms with van der Waals surface area (Å²) in [6.07, 6.45) is 1.41. The van der Waals surface area contributed by atoms with E-state index in [0.29, 0.717) is 53.9 Å². The van der Waals surface area contributed by atoms with Crippen molar-refractivity contribution in [2.45, 2.75) is 12.5 Å². The molecule has 0 saturated carbocycles. The van der Waals surface area contributed by atoms with Gasteiger partial charge < -0.3 is 15.1 Å². The fourth-order valence-corrected chi connectivity index (χ4v) is 5.15. The SMILES string of the molecule is CS(=O)(=O)Nc1ccccc1N1CCN(C(=O)C(Cc2ccc(Cl)cc2)NC(=O)c2ccc(Cl)cc2)CC1. The third kappa shape index (κ3) is 7.40. The first-order chi connectivity index (χ1) is 18.1. The van der Waals surface area contributed by atoms with Crippen LogP contribution in [-0.2, 0) is 21.2 Å². The second kappa shape index (κ2) is 12.1. The molecule has 1 saturated heterocycles. The molecule has 0 bridgehead atoms. The van der Waals surface area contributed by atoms with Crippen LogP contribution in [0.15, 0.2) is 72.8 Å². The quantitative estimate of drug-likeness (QED) is 0.423. The molecule has 0 radical (unpaired) electrons. The highest BCUT2D eigenvalue weighted by Crippen LogP contribution is 2.27. The number of carbonyl (C=O) groups excluding carboxylic acids is 2. The van der Waals surface area contributed by atoms with Crippen LogP contribution >= 0.6 is 23.2 Å². The Morgan fingerprint density at radius 2 is 1.45 bits per heavy atom. The van der Waals surface area contributed by atoms with Crippen molar-refractivity contribution >= 4 is 56.4 Å². The van der Waals surface area contributed by atoms with Crippen molar-refractivity contribution in [3.05, 3.63) is 94.0 Å². The van der Waals surface area contributed by atoms with Crippen LogP contribution < -0.4 is 14.9 Å². The fraction of sp³-hybridized carbons (Fsp3) is 0.259. The fourth-order valence-electron chi connectivity index (χ4n) is 4.32. The molecule has 38 heavy (non-hydrogen) atoms. The zero-order valence-corrected chi connectivity index (χ0v) is 23.1. The molecule has 1 unspecified atom stereocenters. The normalized spacial score (nSPS) is 14.6. The van der Waals surface area contributed by atoms with Crippen molar-refractivity contribution in [1.29, 1.82) is 0 Å². The van der Waals surface area contributed by atoms with Gasteiger partial charge in [-0.25, -0.2) is 8.42 Å². The summed E-state index contributed by atoms with van der Waals surface area (Å²) in [6.45, 7) is 1.85. The maximum atomic E-state index is 13.6. The first-order valence-corrected chi connectivity index (χ1v) is 14.7. The summed E-state index contributed by atoms with van der Waals surface area (Å²) in [5.41, 5.74) is 2.51. The largest absolute Gasteiger partial charge is 0.366 e. The van der Waals surface area contributed by atoms with Gasteiger partial charge in [0.1, 0.15) is 6.04 Å². The molecule has 0 aliphatic carbocycles. The minimum Gasteiger partial charge on any atom is -0.366 e. The highest BCUT2D eigenvalue weighted by molar-refractivity contribution is 7.92. The lowest BCUT2D eigenvalue weighted by Crippen LogP contribution is -2.55. The van der Waals surface area contributed by atoms with Gasteiger partial charge in [0, 0.05) is 48.2 Å². The van der Waals surface area contributed by atoms with Gasteiger partial charge in [0.15, 0.2) is 0 Å². The zero-order valence-electron chi connectivity index (χ0n) is 20.7. The van der Waals surface area contributed by atoms with Gasteiger partial charge in [-0.15, -0.1) is 0 Å². The van der Waals surface area contributed by atoms with Gasteiger partial charge >= 0.3 is 0 Å². The summed E-state index contributed by atoms with van der Waals surface area (Å²) >= 11 is 12.0. The number of benzene rings is 3. The Hall–Kier alpha value is -3.27. The van der Waals surface area contributed by atoms with Crippen molar-refractivity contribution in [3.8, 4) is 0 Å². The summed E-state index contributed by atoms with van der Waals surface area (Å²) in [7, 11) is -3.44. The van der Waals surface area contributed by atoms with Gasteiger partial charge in [0.2, 0.25) is 15.9 Å². The molecule has 2 amide bonds. The number of nitrogens with zero attached hydrogens (tertiary/aromatic N) is 2. The van der Waals surface area contributed by atoms with Crippen molar-refractivity contribution in [2.24, 2.45) is 0 Å². The lowest BCUT2D eigenvalue weighted by Gasteiger charge is -2.38. The number of anilines is 2. The summed E-state index contributed by atoms with van der Waals surface area (Å²) in [6, 6.07) is 20.0. The number of rotatable bonds is 8. The summed E-state index contributed by atoms with van der Waals surface area (Å²) in [5.74, 6) is -0.558. The number of nitrogens with one attached hydrogen (secondary N) is 2. The minimum absolute atomic E-state index is 0.190. The number of halogens is 2. The molecule has 1 aliphatic rings. The Kier molecular flexibility index (Phi) is 8.81. The number of amides is 2. The van der Waals surface area contributed by atoms with Crippen LogP contribution in [0.5, 0.6) is 0 Å². The number of hydrogen-bond acceptors (Lipinski definition) is 5. The topological polar surface area (TPSA) is 98.8 Å².